The van der Waals surface area contributed by atoms with Crippen LogP contribution in [0.5, 0.6) is 23.0 Å². The predicted molar refractivity (Wildman–Crippen MR) is 140 cm³/mol. The SMILES string of the molecule is COc1ccc(/C(O)=C2\C(=O)C(=O)N(c3ccccc3C)C2c2cc(OC)c(OC)c(OC)c2)cc1Cl. The minimum absolute atomic E-state index is 0.108. The van der Waals surface area contributed by atoms with E-state index in [-0.39, 0.29) is 21.9 Å². The Labute approximate surface area is 219 Å². The molecule has 1 unspecified atom stereocenters. The number of amides is 1. The lowest BCUT2D eigenvalue weighted by Gasteiger charge is -2.27. The number of para-hydroxylation sites is 1. The fraction of sp³-hybridized carbons (Fsp3) is 0.214. The molecule has 0 aliphatic carbocycles. The van der Waals surface area contributed by atoms with E-state index in [1.165, 1.54) is 39.4 Å². The van der Waals surface area contributed by atoms with E-state index in [1.54, 1.807) is 36.4 Å². The number of ketones is 1. The monoisotopic (exact) mass is 523 g/mol. The van der Waals surface area contributed by atoms with Crippen LogP contribution >= 0.6 is 11.6 Å². The fourth-order valence-corrected chi connectivity index (χ4v) is 4.72. The topological polar surface area (TPSA) is 94.5 Å². The van der Waals surface area contributed by atoms with Crippen LogP contribution in [0, 0.1) is 6.92 Å². The lowest BCUT2D eigenvalue weighted by atomic mass is 9.94. The summed E-state index contributed by atoms with van der Waals surface area (Å²) in [6.45, 7) is 1.84. The van der Waals surface area contributed by atoms with Crippen LogP contribution in [0.1, 0.15) is 22.7 Å². The van der Waals surface area contributed by atoms with Crippen molar-refractivity contribution in [2.45, 2.75) is 13.0 Å². The van der Waals surface area contributed by atoms with Crippen LogP contribution in [0.2, 0.25) is 5.02 Å². The Balaban J connectivity index is 2.03. The van der Waals surface area contributed by atoms with E-state index >= 15 is 0 Å². The largest absolute Gasteiger partial charge is 0.507 e. The number of anilines is 1. The molecule has 1 N–H and O–H groups in total. The average Bonchev–Trinajstić information content (AvgIpc) is 3.17. The van der Waals surface area contributed by atoms with Gasteiger partial charge in [0.15, 0.2) is 11.5 Å². The molecule has 9 heteroatoms. The molecule has 1 atom stereocenters. The third-order valence-electron chi connectivity index (χ3n) is 6.25. The Bertz CT molecular complexity index is 1390. The number of hydrogen-bond donors (Lipinski definition) is 1. The molecule has 1 amide bonds. The van der Waals surface area contributed by atoms with Gasteiger partial charge in [0.1, 0.15) is 11.5 Å². The summed E-state index contributed by atoms with van der Waals surface area (Å²) in [4.78, 5) is 28.3. The van der Waals surface area contributed by atoms with Gasteiger partial charge in [-0.1, -0.05) is 29.8 Å². The summed E-state index contributed by atoms with van der Waals surface area (Å²) >= 11 is 6.29. The summed E-state index contributed by atoms with van der Waals surface area (Å²) in [5.74, 6) is -0.582. The molecule has 1 aliphatic heterocycles. The number of Topliss-reactive ketones (excluding diaryl/α,β-unsaturated/α-hetero) is 1. The first-order valence-electron chi connectivity index (χ1n) is 11.3. The minimum atomic E-state index is -1.00. The van der Waals surface area contributed by atoms with Gasteiger partial charge in [-0.2, -0.15) is 0 Å². The molecule has 0 aromatic heterocycles. The van der Waals surface area contributed by atoms with Crippen molar-refractivity contribution in [1.29, 1.82) is 0 Å². The second kappa shape index (κ2) is 10.4. The van der Waals surface area contributed by atoms with Crippen molar-refractivity contribution in [2.75, 3.05) is 33.3 Å². The van der Waals surface area contributed by atoms with Crippen molar-refractivity contribution in [1.82, 2.24) is 0 Å². The first-order chi connectivity index (χ1) is 17.8. The summed E-state index contributed by atoms with van der Waals surface area (Å²) < 4.78 is 21.7. The van der Waals surface area contributed by atoms with Gasteiger partial charge in [0.2, 0.25) is 5.75 Å². The number of ether oxygens (including phenoxy) is 4. The number of aliphatic hydroxyl groups is 1. The lowest BCUT2D eigenvalue weighted by molar-refractivity contribution is -0.132. The molecule has 8 nitrogen and oxygen atoms in total. The van der Waals surface area contributed by atoms with Crippen molar-refractivity contribution >= 4 is 34.7 Å². The van der Waals surface area contributed by atoms with Crippen LogP contribution in [0.4, 0.5) is 5.69 Å². The molecule has 1 aliphatic rings. The van der Waals surface area contributed by atoms with Gasteiger partial charge in [-0.3, -0.25) is 14.5 Å². The highest BCUT2D eigenvalue weighted by Crippen LogP contribution is 2.47. The van der Waals surface area contributed by atoms with E-state index in [0.717, 1.165) is 5.56 Å². The van der Waals surface area contributed by atoms with Gasteiger partial charge in [0, 0.05) is 11.3 Å². The Kier molecular flexibility index (Phi) is 7.31. The Morgan fingerprint density at radius 3 is 2.03 bits per heavy atom. The van der Waals surface area contributed by atoms with Crippen molar-refractivity contribution in [3.05, 3.63) is 81.9 Å². The normalized spacial score (nSPS) is 16.6. The third-order valence-corrected chi connectivity index (χ3v) is 6.54. The number of halogens is 1. The van der Waals surface area contributed by atoms with Gasteiger partial charge in [0.05, 0.1) is 45.1 Å². The zero-order chi connectivity index (χ0) is 26.9. The molecular formula is C28H26ClNO7. The Hall–Kier alpha value is -4.17. The number of hydrogen-bond acceptors (Lipinski definition) is 7. The van der Waals surface area contributed by atoms with E-state index in [1.807, 2.05) is 19.1 Å². The smallest absolute Gasteiger partial charge is 0.300 e. The average molecular weight is 524 g/mol. The van der Waals surface area contributed by atoms with Crippen LogP contribution in [0.15, 0.2) is 60.2 Å². The Morgan fingerprint density at radius 1 is 0.865 bits per heavy atom. The standard InChI is InChI=1S/C28H26ClNO7/c1-15-8-6-7-9-19(15)30-24(17-13-21(35-3)27(37-5)22(14-17)36-4)23(26(32)28(30)33)25(31)16-10-11-20(34-2)18(29)12-16/h6-14,24,31H,1-5H3/b25-23+. The number of methoxy groups -OCH3 is 4. The molecule has 0 bridgehead atoms. The third kappa shape index (κ3) is 4.44. The zero-order valence-electron chi connectivity index (χ0n) is 21.0. The van der Waals surface area contributed by atoms with Gasteiger partial charge < -0.3 is 24.1 Å². The number of nitrogens with zero attached hydrogens (tertiary/aromatic N) is 1. The summed E-state index contributed by atoms with van der Waals surface area (Å²) in [5, 5.41) is 11.6. The second-order valence-electron chi connectivity index (χ2n) is 8.26. The molecule has 3 aromatic rings. The maximum Gasteiger partial charge on any atom is 0.300 e. The quantitative estimate of drug-likeness (QED) is 0.255. The first-order valence-corrected chi connectivity index (χ1v) is 11.7. The maximum atomic E-state index is 13.5. The van der Waals surface area contributed by atoms with Crippen LogP contribution in [0.25, 0.3) is 5.76 Å². The molecule has 192 valence electrons. The first kappa shape index (κ1) is 25.9. The van der Waals surface area contributed by atoms with E-state index in [2.05, 4.69) is 0 Å². The summed E-state index contributed by atoms with van der Waals surface area (Å²) in [5.41, 5.74) is 1.91. The number of aryl methyl sites for hydroxylation is 1. The van der Waals surface area contributed by atoms with Crippen molar-refractivity contribution in [3.8, 4) is 23.0 Å². The summed E-state index contributed by atoms with van der Waals surface area (Å²) in [6.07, 6.45) is 0. The summed E-state index contributed by atoms with van der Waals surface area (Å²) in [6, 6.07) is 14.1. The number of carbonyl (C=O) groups is 2. The molecule has 0 spiro atoms. The van der Waals surface area contributed by atoms with E-state index < -0.39 is 17.7 Å². The van der Waals surface area contributed by atoms with Crippen LogP contribution in [0.3, 0.4) is 0 Å². The number of rotatable bonds is 7. The molecule has 1 saturated heterocycles. The highest BCUT2D eigenvalue weighted by Gasteiger charge is 2.47. The molecule has 1 heterocycles. The Morgan fingerprint density at radius 2 is 1.49 bits per heavy atom. The molecule has 3 aromatic carbocycles. The van der Waals surface area contributed by atoms with E-state index in [0.29, 0.717) is 34.2 Å². The molecule has 0 saturated carbocycles. The van der Waals surface area contributed by atoms with Gasteiger partial charge in [-0.05, 0) is 54.4 Å². The second-order valence-corrected chi connectivity index (χ2v) is 8.67. The van der Waals surface area contributed by atoms with Crippen molar-refractivity contribution < 1.29 is 33.6 Å². The van der Waals surface area contributed by atoms with Gasteiger partial charge >= 0.3 is 0 Å². The van der Waals surface area contributed by atoms with Crippen molar-refractivity contribution in [2.24, 2.45) is 0 Å². The molecular weight excluding hydrogens is 498 g/mol. The number of carbonyl (C=O) groups excluding carboxylic acids is 2. The van der Waals surface area contributed by atoms with Gasteiger partial charge in [0.25, 0.3) is 11.7 Å². The van der Waals surface area contributed by atoms with Gasteiger partial charge in [-0.25, -0.2) is 0 Å². The van der Waals surface area contributed by atoms with Crippen molar-refractivity contribution in [3.63, 3.8) is 0 Å². The highest BCUT2D eigenvalue weighted by molar-refractivity contribution is 6.51. The van der Waals surface area contributed by atoms with Gasteiger partial charge in [-0.15, -0.1) is 0 Å². The minimum Gasteiger partial charge on any atom is -0.507 e. The zero-order valence-corrected chi connectivity index (χ0v) is 21.8. The van der Waals surface area contributed by atoms with E-state index in [4.69, 9.17) is 30.5 Å². The van der Waals surface area contributed by atoms with Crippen LogP contribution < -0.4 is 23.8 Å². The van der Waals surface area contributed by atoms with E-state index in [9.17, 15) is 14.7 Å². The number of aliphatic hydroxyl groups excluding tert-OH is 1. The molecule has 0 radical (unpaired) electrons. The maximum absolute atomic E-state index is 13.5. The summed E-state index contributed by atoms with van der Waals surface area (Å²) in [7, 11) is 5.89. The molecule has 1 fully saturated rings. The number of benzene rings is 3. The molecule has 37 heavy (non-hydrogen) atoms. The highest BCUT2D eigenvalue weighted by atomic mass is 35.5. The predicted octanol–water partition coefficient (Wildman–Crippen LogP) is 5.31. The fourth-order valence-electron chi connectivity index (χ4n) is 4.46. The lowest BCUT2D eigenvalue weighted by Crippen LogP contribution is -2.30. The van der Waals surface area contributed by atoms with Crippen LogP contribution in [-0.2, 0) is 9.59 Å². The van der Waals surface area contributed by atoms with Crippen LogP contribution in [-0.4, -0.2) is 45.2 Å². The molecule has 4 rings (SSSR count).